The number of nitrogens with one attached hydrogen (secondary N) is 1. The van der Waals surface area contributed by atoms with Crippen molar-refractivity contribution in [1.29, 1.82) is 0 Å². The lowest BCUT2D eigenvalue weighted by molar-refractivity contribution is -0.0295. The molecule has 1 aliphatic heterocycles. The molecule has 1 saturated heterocycles. The minimum absolute atomic E-state index is 0.0337. The molecule has 7 heteroatoms. The van der Waals surface area contributed by atoms with Gasteiger partial charge in [0.2, 0.25) is 0 Å². The van der Waals surface area contributed by atoms with Gasteiger partial charge in [-0.25, -0.2) is 9.97 Å². The largest absolute Gasteiger partial charge is 0.374 e. The number of hydrogen-bond acceptors (Lipinski definition) is 5. The molecule has 0 unspecified atom stereocenters. The molecule has 3 rings (SSSR count). The topological polar surface area (TPSA) is 72.3 Å². The van der Waals surface area contributed by atoms with E-state index in [9.17, 15) is 4.79 Å². The summed E-state index contributed by atoms with van der Waals surface area (Å²) in [6, 6.07) is 3.46. The van der Waals surface area contributed by atoms with E-state index in [-0.39, 0.29) is 12.0 Å². The average molecular weight is 343 g/mol. The van der Waals surface area contributed by atoms with E-state index in [1.54, 1.807) is 41.6 Å². The van der Waals surface area contributed by atoms with Crippen LogP contribution in [0, 0.1) is 5.92 Å². The van der Waals surface area contributed by atoms with Gasteiger partial charge in [-0.05, 0) is 18.1 Å². The fraction of sp³-hybridized carbons (Fsp3) is 0.500. The van der Waals surface area contributed by atoms with E-state index in [0.29, 0.717) is 30.5 Å². The zero-order valence-corrected chi connectivity index (χ0v) is 14.8. The summed E-state index contributed by atoms with van der Waals surface area (Å²) in [7, 11) is 0. The SMILES string of the molecule is CC(C)CN1CCO[C@@H](CNC(=O)c2ccnc(-n3ccnc3)c2)C1. The number of amides is 1. The van der Waals surface area contributed by atoms with Crippen LogP contribution >= 0.6 is 0 Å². The molecule has 0 bridgehead atoms. The Balaban J connectivity index is 1.55. The van der Waals surface area contributed by atoms with Crippen LogP contribution in [0.2, 0.25) is 0 Å². The van der Waals surface area contributed by atoms with Gasteiger partial charge in [0.15, 0.2) is 0 Å². The number of pyridine rings is 1. The molecule has 0 saturated carbocycles. The van der Waals surface area contributed by atoms with Crippen molar-refractivity contribution in [2.24, 2.45) is 5.92 Å². The number of rotatable bonds is 6. The third-order valence-electron chi connectivity index (χ3n) is 4.11. The second-order valence-electron chi connectivity index (χ2n) is 6.73. The van der Waals surface area contributed by atoms with E-state index >= 15 is 0 Å². The highest BCUT2D eigenvalue weighted by Crippen LogP contribution is 2.09. The number of carbonyl (C=O) groups is 1. The Bertz CT molecular complexity index is 687. The third kappa shape index (κ3) is 4.87. The van der Waals surface area contributed by atoms with Crippen LogP contribution in [0.25, 0.3) is 5.82 Å². The number of nitrogens with zero attached hydrogens (tertiary/aromatic N) is 4. The van der Waals surface area contributed by atoms with E-state index in [0.717, 1.165) is 19.6 Å². The van der Waals surface area contributed by atoms with Gasteiger partial charge in [-0.1, -0.05) is 13.8 Å². The predicted octanol–water partition coefficient (Wildman–Crippen LogP) is 1.35. The van der Waals surface area contributed by atoms with Crippen molar-refractivity contribution in [3.05, 3.63) is 42.6 Å². The standard InChI is InChI=1S/C18H25N5O2/c1-14(2)11-22-7-8-25-16(12-22)10-21-18(24)15-3-4-20-17(9-15)23-6-5-19-13-23/h3-6,9,13-14,16H,7-8,10-12H2,1-2H3,(H,21,24)/t16-/m0/s1. The maximum Gasteiger partial charge on any atom is 0.251 e. The molecule has 0 aromatic carbocycles. The molecule has 25 heavy (non-hydrogen) atoms. The summed E-state index contributed by atoms with van der Waals surface area (Å²) in [5, 5.41) is 2.97. The Morgan fingerprint density at radius 3 is 3.08 bits per heavy atom. The zero-order chi connectivity index (χ0) is 17.6. The summed E-state index contributed by atoms with van der Waals surface area (Å²) in [5.74, 6) is 1.18. The molecule has 1 N–H and O–H groups in total. The van der Waals surface area contributed by atoms with Crippen LogP contribution < -0.4 is 5.32 Å². The Labute approximate surface area is 148 Å². The summed E-state index contributed by atoms with van der Waals surface area (Å²) in [6.45, 7) is 8.54. The second kappa shape index (κ2) is 8.22. The predicted molar refractivity (Wildman–Crippen MR) is 94.7 cm³/mol. The first-order chi connectivity index (χ1) is 12.1. The number of morpholine rings is 1. The number of imidazole rings is 1. The normalized spacial score (nSPS) is 18.4. The molecule has 0 aliphatic carbocycles. The minimum Gasteiger partial charge on any atom is -0.374 e. The van der Waals surface area contributed by atoms with Crippen LogP contribution in [0.4, 0.5) is 0 Å². The van der Waals surface area contributed by atoms with Crippen molar-refractivity contribution < 1.29 is 9.53 Å². The fourth-order valence-corrected chi connectivity index (χ4v) is 2.99. The highest BCUT2D eigenvalue weighted by Gasteiger charge is 2.21. The second-order valence-corrected chi connectivity index (χ2v) is 6.73. The van der Waals surface area contributed by atoms with Crippen molar-refractivity contribution in [3.63, 3.8) is 0 Å². The van der Waals surface area contributed by atoms with E-state index in [4.69, 9.17) is 4.74 Å². The van der Waals surface area contributed by atoms with Gasteiger partial charge in [-0.15, -0.1) is 0 Å². The summed E-state index contributed by atoms with van der Waals surface area (Å²) in [5.41, 5.74) is 0.577. The molecule has 3 heterocycles. The molecule has 134 valence electrons. The Hall–Kier alpha value is -2.25. The van der Waals surface area contributed by atoms with E-state index in [1.807, 2.05) is 0 Å². The smallest absolute Gasteiger partial charge is 0.251 e. The van der Waals surface area contributed by atoms with Crippen LogP contribution in [0.15, 0.2) is 37.1 Å². The Kier molecular flexibility index (Phi) is 5.78. The number of ether oxygens (including phenoxy) is 1. The molecular formula is C18H25N5O2. The van der Waals surface area contributed by atoms with Crippen LogP contribution in [0.1, 0.15) is 24.2 Å². The molecule has 2 aromatic heterocycles. The molecule has 7 nitrogen and oxygen atoms in total. The molecule has 0 radical (unpaired) electrons. The molecular weight excluding hydrogens is 318 g/mol. The lowest BCUT2D eigenvalue weighted by Gasteiger charge is -2.33. The van der Waals surface area contributed by atoms with Gasteiger partial charge in [-0.3, -0.25) is 14.3 Å². The lowest BCUT2D eigenvalue weighted by atomic mass is 10.1. The molecule has 2 aromatic rings. The first-order valence-electron chi connectivity index (χ1n) is 8.68. The van der Waals surface area contributed by atoms with E-state index < -0.39 is 0 Å². The highest BCUT2D eigenvalue weighted by atomic mass is 16.5. The van der Waals surface area contributed by atoms with Crippen molar-refractivity contribution in [2.75, 3.05) is 32.8 Å². The van der Waals surface area contributed by atoms with Gasteiger partial charge in [0, 0.05) is 50.3 Å². The summed E-state index contributed by atoms with van der Waals surface area (Å²) in [6.07, 6.45) is 6.79. The number of hydrogen-bond donors (Lipinski definition) is 1. The van der Waals surface area contributed by atoms with Crippen molar-refractivity contribution >= 4 is 5.91 Å². The van der Waals surface area contributed by atoms with Crippen LogP contribution in [-0.2, 0) is 4.74 Å². The first-order valence-corrected chi connectivity index (χ1v) is 8.68. The molecule has 1 atom stereocenters. The van der Waals surface area contributed by atoms with Gasteiger partial charge in [0.1, 0.15) is 12.1 Å². The number of aromatic nitrogens is 3. The summed E-state index contributed by atoms with van der Waals surface area (Å²) in [4.78, 5) is 23.1. The minimum atomic E-state index is -0.117. The van der Waals surface area contributed by atoms with E-state index in [2.05, 4.69) is 34.0 Å². The highest BCUT2D eigenvalue weighted by molar-refractivity contribution is 5.94. The maximum atomic E-state index is 12.4. The molecule has 1 amide bonds. The van der Waals surface area contributed by atoms with Crippen molar-refractivity contribution in [3.8, 4) is 5.82 Å². The first kappa shape index (κ1) is 17.6. The van der Waals surface area contributed by atoms with Gasteiger partial charge in [0.05, 0.1) is 12.7 Å². The van der Waals surface area contributed by atoms with Crippen LogP contribution in [0.5, 0.6) is 0 Å². The van der Waals surface area contributed by atoms with Gasteiger partial charge >= 0.3 is 0 Å². The summed E-state index contributed by atoms with van der Waals surface area (Å²) < 4.78 is 7.55. The quantitative estimate of drug-likeness (QED) is 0.857. The molecule has 1 aliphatic rings. The van der Waals surface area contributed by atoms with Crippen molar-refractivity contribution in [1.82, 2.24) is 24.8 Å². The maximum absolute atomic E-state index is 12.4. The number of carbonyl (C=O) groups excluding carboxylic acids is 1. The van der Waals surface area contributed by atoms with E-state index in [1.165, 1.54) is 0 Å². The Morgan fingerprint density at radius 2 is 2.32 bits per heavy atom. The van der Waals surface area contributed by atoms with Gasteiger partial charge in [0.25, 0.3) is 5.91 Å². The van der Waals surface area contributed by atoms with Crippen molar-refractivity contribution in [2.45, 2.75) is 20.0 Å². The zero-order valence-electron chi connectivity index (χ0n) is 14.8. The molecule has 0 spiro atoms. The average Bonchev–Trinajstić information content (AvgIpc) is 3.14. The van der Waals surface area contributed by atoms with Crippen LogP contribution in [0.3, 0.4) is 0 Å². The third-order valence-corrected chi connectivity index (χ3v) is 4.11. The summed E-state index contributed by atoms with van der Waals surface area (Å²) >= 11 is 0. The monoisotopic (exact) mass is 343 g/mol. The fourth-order valence-electron chi connectivity index (χ4n) is 2.99. The van der Waals surface area contributed by atoms with Gasteiger partial charge < -0.3 is 10.1 Å². The lowest BCUT2D eigenvalue weighted by Crippen LogP contribution is -2.48. The van der Waals surface area contributed by atoms with Crippen LogP contribution in [-0.4, -0.2) is 64.2 Å². The molecule has 1 fully saturated rings. The Morgan fingerprint density at radius 1 is 1.44 bits per heavy atom. The van der Waals surface area contributed by atoms with Gasteiger partial charge in [-0.2, -0.15) is 0 Å².